The minimum Gasteiger partial charge on any atom is -0.384 e. The average molecular weight is 398 g/mol. The van der Waals surface area contributed by atoms with Crippen LogP contribution in [0.15, 0.2) is 45.3 Å². The van der Waals surface area contributed by atoms with E-state index in [1.54, 1.807) is 6.92 Å². The molecule has 1 aliphatic rings. The van der Waals surface area contributed by atoms with E-state index in [1.165, 1.54) is 20.5 Å². The van der Waals surface area contributed by atoms with E-state index in [9.17, 15) is 9.59 Å². The van der Waals surface area contributed by atoms with Crippen LogP contribution in [0.25, 0.3) is 11.3 Å². The number of benzene rings is 1. The van der Waals surface area contributed by atoms with Gasteiger partial charge in [0.2, 0.25) is 0 Å². The van der Waals surface area contributed by atoms with Gasteiger partial charge >= 0.3 is 5.69 Å². The predicted molar refractivity (Wildman–Crippen MR) is 113 cm³/mol. The molecular weight excluding hydrogens is 374 g/mol. The smallest absolute Gasteiger partial charge is 0.332 e. The van der Waals surface area contributed by atoms with E-state index in [2.05, 4.69) is 9.88 Å². The fourth-order valence-corrected chi connectivity index (χ4v) is 4.46. The number of aromatic nitrogens is 3. The SMILES string of the molecule is CCn1c(=O)c(-c2csc(N3CCCC3)n2)c(N)n(Cc2ccccc2)c1=O. The summed E-state index contributed by atoms with van der Waals surface area (Å²) in [5.41, 5.74) is 7.36. The molecule has 0 unspecified atom stereocenters. The van der Waals surface area contributed by atoms with E-state index in [1.807, 2.05) is 35.7 Å². The Balaban J connectivity index is 1.84. The second-order valence-electron chi connectivity index (χ2n) is 6.87. The molecular formula is C20H23N5O2S. The van der Waals surface area contributed by atoms with Crippen molar-refractivity contribution in [1.29, 1.82) is 0 Å². The van der Waals surface area contributed by atoms with Crippen molar-refractivity contribution in [3.05, 3.63) is 62.1 Å². The van der Waals surface area contributed by atoms with Gasteiger partial charge in [-0.2, -0.15) is 0 Å². The fraction of sp³-hybridized carbons (Fsp3) is 0.350. The topological polar surface area (TPSA) is 86.2 Å². The largest absolute Gasteiger partial charge is 0.384 e. The van der Waals surface area contributed by atoms with Crippen LogP contribution in [0, 0.1) is 0 Å². The van der Waals surface area contributed by atoms with Gasteiger partial charge in [-0.25, -0.2) is 9.78 Å². The molecule has 3 aromatic rings. The van der Waals surface area contributed by atoms with Crippen LogP contribution in [-0.4, -0.2) is 27.2 Å². The van der Waals surface area contributed by atoms with Crippen LogP contribution in [0.4, 0.5) is 10.9 Å². The van der Waals surface area contributed by atoms with Gasteiger partial charge in [-0.15, -0.1) is 11.3 Å². The third-order valence-electron chi connectivity index (χ3n) is 5.09. The molecule has 28 heavy (non-hydrogen) atoms. The molecule has 0 bridgehead atoms. The Hall–Kier alpha value is -2.87. The standard InChI is InChI=1S/C20H23N5O2S/c1-2-24-18(26)16(15-13-28-19(22-15)23-10-6-7-11-23)17(21)25(20(24)27)12-14-8-4-3-5-9-14/h3-5,8-9,13H,2,6-7,10-12,21H2,1H3. The Kier molecular flexibility index (Phi) is 5.04. The predicted octanol–water partition coefficient (Wildman–Crippen LogP) is 2.38. The Morgan fingerprint density at radius 2 is 1.82 bits per heavy atom. The van der Waals surface area contributed by atoms with Crippen molar-refractivity contribution in [3.63, 3.8) is 0 Å². The Bertz CT molecular complexity index is 1090. The van der Waals surface area contributed by atoms with E-state index in [0.717, 1.165) is 36.6 Å². The summed E-state index contributed by atoms with van der Waals surface area (Å²) in [5, 5.41) is 2.76. The number of hydrogen-bond donors (Lipinski definition) is 1. The van der Waals surface area contributed by atoms with Crippen LogP contribution < -0.4 is 21.9 Å². The number of anilines is 2. The van der Waals surface area contributed by atoms with E-state index < -0.39 is 5.69 Å². The highest BCUT2D eigenvalue weighted by Gasteiger charge is 2.22. The maximum Gasteiger partial charge on any atom is 0.332 e. The van der Waals surface area contributed by atoms with Crippen LogP contribution in [-0.2, 0) is 13.1 Å². The van der Waals surface area contributed by atoms with E-state index >= 15 is 0 Å². The third kappa shape index (κ3) is 3.24. The molecule has 0 saturated carbocycles. The lowest BCUT2D eigenvalue weighted by Gasteiger charge is -2.16. The van der Waals surface area contributed by atoms with Crippen molar-refractivity contribution in [2.24, 2.45) is 0 Å². The van der Waals surface area contributed by atoms with Crippen LogP contribution in [0.5, 0.6) is 0 Å². The Labute approximate surface area is 166 Å². The number of nitrogen functional groups attached to an aromatic ring is 1. The molecule has 7 nitrogen and oxygen atoms in total. The molecule has 0 aliphatic carbocycles. The van der Waals surface area contributed by atoms with Gasteiger partial charge in [-0.1, -0.05) is 30.3 Å². The minimum atomic E-state index is -0.396. The highest BCUT2D eigenvalue weighted by Crippen LogP contribution is 2.30. The summed E-state index contributed by atoms with van der Waals surface area (Å²) in [5.74, 6) is 0.168. The average Bonchev–Trinajstić information content (AvgIpc) is 3.38. The summed E-state index contributed by atoms with van der Waals surface area (Å²) >= 11 is 1.51. The van der Waals surface area contributed by atoms with E-state index in [-0.39, 0.29) is 17.9 Å². The second kappa shape index (κ2) is 7.63. The molecule has 1 aromatic carbocycles. The van der Waals surface area contributed by atoms with Crippen molar-refractivity contribution >= 4 is 22.3 Å². The van der Waals surface area contributed by atoms with Crippen LogP contribution in [0.2, 0.25) is 0 Å². The highest BCUT2D eigenvalue weighted by atomic mass is 32.1. The molecule has 0 amide bonds. The number of rotatable bonds is 5. The lowest BCUT2D eigenvalue weighted by molar-refractivity contribution is 0.606. The highest BCUT2D eigenvalue weighted by molar-refractivity contribution is 7.14. The zero-order chi connectivity index (χ0) is 19.7. The van der Waals surface area contributed by atoms with Gasteiger partial charge in [-0.3, -0.25) is 13.9 Å². The summed E-state index contributed by atoms with van der Waals surface area (Å²) in [4.78, 5) is 32.8. The summed E-state index contributed by atoms with van der Waals surface area (Å²) in [6.07, 6.45) is 2.31. The molecule has 146 valence electrons. The monoisotopic (exact) mass is 397 g/mol. The van der Waals surface area contributed by atoms with Crippen molar-refractivity contribution < 1.29 is 0 Å². The first-order chi connectivity index (χ1) is 13.6. The van der Waals surface area contributed by atoms with E-state index in [0.29, 0.717) is 17.8 Å². The van der Waals surface area contributed by atoms with Crippen molar-refractivity contribution in [2.45, 2.75) is 32.9 Å². The van der Waals surface area contributed by atoms with Gasteiger partial charge in [0.15, 0.2) is 5.13 Å². The van der Waals surface area contributed by atoms with Gasteiger partial charge in [0.25, 0.3) is 5.56 Å². The fourth-order valence-electron chi connectivity index (χ4n) is 3.59. The van der Waals surface area contributed by atoms with Crippen molar-refractivity contribution in [1.82, 2.24) is 14.1 Å². The first-order valence-electron chi connectivity index (χ1n) is 9.48. The van der Waals surface area contributed by atoms with Gasteiger partial charge in [-0.05, 0) is 25.3 Å². The van der Waals surface area contributed by atoms with Crippen LogP contribution in [0.1, 0.15) is 25.3 Å². The molecule has 1 aliphatic heterocycles. The lowest BCUT2D eigenvalue weighted by Crippen LogP contribution is -2.41. The summed E-state index contributed by atoms with van der Waals surface area (Å²) in [7, 11) is 0. The maximum atomic E-state index is 13.0. The molecule has 1 fully saturated rings. The molecule has 1 saturated heterocycles. The van der Waals surface area contributed by atoms with Crippen molar-refractivity contribution in [2.75, 3.05) is 23.7 Å². The molecule has 0 atom stereocenters. The van der Waals surface area contributed by atoms with Crippen molar-refractivity contribution in [3.8, 4) is 11.3 Å². The quantitative estimate of drug-likeness (QED) is 0.714. The molecule has 8 heteroatoms. The summed E-state index contributed by atoms with van der Waals surface area (Å²) in [6, 6.07) is 9.61. The summed E-state index contributed by atoms with van der Waals surface area (Å²) < 4.78 is 2.69. The molecule has 0 radical (unpaired) electrons. The first kappa shape index (κ1) is 18.5. The van der Waals surface area contributed by atoms with Gasteiger partial charge < -0.3 is 10.6 Å². The maximum absolute atomic E-state index is 13.0. The first-order valence-corrected chi connectivity index (χ1v) is 10.4. The van der Waals surface area contributed by atoms with Crippen LogP contribution in [0.3, 0.4) is 0 Å². The van der Waals surface area contributed by atoms with Crippen LogP contribution >= 0.6 is 11.3 Å². The van der Waals surface area contributed by atoms with E-state index in [4.69, 9.17) is 5.73 Å². The molecule has 2 aromatic heterocycles. The summed E-state index contributed by atoms with van der Waals surface area (Å²) in [6.45, 7) is 4.33. The zero-order valence-electron chi connectivity index (χ0n) is 15.8. The Morgan fingerprint density at radius 3 is 2.50 bits per heavy atom. The third-order valence-corrected chi connectivity index (χ3v) is 5.99. The molecule has 2 N–H and O–H groups in total. The molecule has 4 rings (SSSR count). The molecule has 3 heterocycles. The number of nitrogens with two attached hydrogens (primary N) is 1. The normalized spacial score (nSPS) is 14.0. The lowest BCUT2D eigenvalue weighted by atomic mass is 10.2. The van der Waals surface area contributed by atoms with Gasteiger partial charge in [0.05, 0.1) is 12.2 Å². The number of thiazole rings is 1. The van der Waals surface area contributed by atoms with Gasteiger partial charge in [0.1, 0.15) is 11.4 Å². The zero-order valence-corrected chi connectivity index (χ0v) is 16.6. The Morgan fingerprint density at radius 1 is 1.11 bits per heavy atom. The van der Waals surface area contributed by atoms with Gasteiger partial charge in [0, 0.05) is 25.0 Å². The number of hydrogen-bond acceptors (Lipinski definition) is 6. The molecule has 0 spiro atoms. The number of nitrogens with zero attached hydrogens (tertiary/aromatic N) is 4. The minimum absolute atomic E-state index is 0.168. The second-order valence-corrected chi connectivity index (χ2v) is 7.71.